The number of anilines is 1. The number of hydrogen-bond donors (Lipinski definition) is 1. The van der Waals surface area contributed by atoms with E-state index in [0.717, 1.165) is 10.0 Å². The second-order valence-electron chi connectivity index (χ2n) is 5.98. The Labute approximate surface area is 172 Å². The highest BCUT2D eigenvalue weighted by Gasteiger charge is 2.11. The minimum Gasteiger partial charge on any atom is -0.496 e. The van der Waals surface area contributed by atoms with Crippen molar-refractivity contribution in [1.29, 1.82) is 0 Å². The smallest absolute Gasteiger partial charge is 0.259 e. The van der Waals surface area contributed by atoms with Gasteiger partial charge in [-0.2, -0.15) is 0 Å². The Hall–Kier alpha value is -3.18. The summed E-state index contributed by atoms with van der Waals surface area (Å²) >= 11 is 3.38. The highest BCUT2D eigenvalue weighted by molar-refractivity contribution is 9.10. The van der Waals surface area contributed by atoms with Crippen LogP contribution in [0, 0.1) is 0 Å². The molecule has 1 amide bonds. The Morgan fingerprint density at radius 1 is 0.929 bits per heavy atom. The zero-order valence-electron chi connectivity index (χ0n) is 15.2. The Balaban J connectivity index is 1.66. The molecular weight excluding hydrogens is 418 g/mol. The third-order valence-electron chi connectivity index (χ3n) is 4.08. The van der Waals surface area contributed by atoms with Crippen molar-refractivity contribution in [2.24, 2.45) is 0 Å². The number of allylic oxidation sites excluding steroid dienone is 1. The highest BCUT2D eigenvalue weighted by atomic mass is 79.9. The van der Waals surface area contributed by atoms with Crippen LogP contribution in [0.3, 0.4) is 0 Å². The number of nitrogens with one attached hydrogen (secondary N) is 1. The maximum Gasteiger partial charge on any atom is 0.259 e. The van der Waals surface area contributed by atoms with Crippen molar-refractivity contribution >= 4 is 39.4 Å². The van der Waals surface area contributed by atoms with Crippen molar-refractivity contribution in [3.8, 4) is 5.75 Å². The molecule has 0 aliphatic rings. The lowest BCUT2D eigenvalue weighted by atomic mass is 10.1. The van der Waals surface area contributed by atoms with Gasteiger partial charge in [0.05, 0.1) is 12.7 Å². The normalized spacial score (nSPS) is 10.6. The second-order valence-corrected chi connectivity index (χ2v) is 6.90. The van der Waals surface area contributed by atoms with Crippen molar-refractivity contribution < 1.29 is 14.3 Å². The van der Waals surface area contributed by atoms with Crippen molar-refractivity contribution in [3.63, 3.8) is 0 Å². The number of para-hydroxylation sites is 1. The molecule has 0 spiro atoms. The third kappa shape index (κ3) is 4.96. The molecule has 0 aromatic heterocycles. The van der Waals surface area contributed by atoms with Crippen LogP contribution < -0.4 is 10.1 Å². The van der Waals surface area contributed by atoms with Gasteiger partial charge in [-0.3, -0.25) is 9.59 Å². The molecule has 3 rings (SSSR count). The fraction of sp³-hybridized carbons (Fsp3) is 0.0435. The largest absolute Gasteiger partial charge is 0.496 e. The summed E-state index contributed by atoms with van der Waals surface area (Å²) in [6.07, 6.45) is 3.30. The minimum absolute atomic E-state index is 0.106. The number of ketones is 1. The second kappa shape index (κ2) is 9.15. The number of carbonyl (C=O) groups is 2. The van der Waals surface area contributed by atoms with Crippen LogP contribution in [0.4, 0.5) is 5.69 Å². The number of rotatable bonds is 6. The topological polar surface area (TPSA) is 55.4 Å². The minimum atomic E-state index is -0.272. The monoisotopic (exact) mass is 435 g/mol. The summed E-state index contributed by atoms with van der Waals surface area (Å²) in [4.78, 5) is 24.7. The first-order chi connectivity index (χ1) is 13.6. The number of hydrogen-bond acceptors (Lipinski definition) is 3. The molecular formula is C23H18BrNO3. The molecule has 0 unspecified atom stereocenters. The van der Waals surface area contributed by atoms with Crippen molar-refractivity contribution in [3.05, 3.63) is 100 Å². The van der Waals surface area contributed by atoms with Crippen LogP contribution >= 0.6 is 15.9 Å². The molecule has 1 N–H and O–H groups in total. The Kier molecular flexibility index (Phi) is 6.40. The van der Waals surface area contributed by atoms with Crippen LogP contribution in [-0.4, -0.2) is 18.8 Å². The molecule has 4 nitrogen and oxygen atoms in total. The Morgan fingerprint density at radius 2 is 1.61 bits per heavy atom. The van der Waals surface area contributed by atoms with Crippen LogP contribution in [0.1, 0.15) is 26.3 Å². The average Bonchev–Trinajstić information content (AvgIpc) is 2.73. The van der Waals surface area contributed by atoms with E-state index >= 15 is 0 Å². The number of halogens is 1. The Morgan fingerprint density at radius 3 is 2.29 bits per heavy atom. The van der Waals surface area contributed by atoms with Gasteiger partial charge >= 0.3 is 0 Å². The fourth-order valence-electron chi connectivity index (χ4n) is 2.59. The molecule has 0 atom stereocenters. The lowest BCUT2D eigenvalue weighted by Gasteiger charge is -2.09. The molecule has 0 heterocycles. The van der Waals surface area contributed by atoms with Gasteiger partial charge < -0.3 is 10.1 Å². The van der Waals surface area contributed by atoms with Crippen molar-refractivity contribution in [2.75, 3.05) is 12.4 Å². The van der Waals surface area contributed by atoms with Crippen LogP contribution in [0.25, 0.3) is 6.08 Å². The molecule has 0 aliphatic carbocycles. The molecule has 28 heavy (non-hydrogen) atoms. The first-order valence-electron chi connectivity index (χ1n) is 8.59. The zero-order chi connectivity index (χ0) is 19.9. The molecule has 0 saturated carbocycles. The van der Waals surface area contributed by atoms with Gasteiger partial charge in [0.15, 0.2) is 5.78 Å². The van der Waals surface area contributed by atoms with E-state index in [1.807, 2.05) is 24.3 Å². The first kappa shape index (κ1) is 19.6. The van der Waals surface area contributed by atoms with Crippen LogP contribution in [0.15, 0.2) is 83.3 Å². The molecule has 3 aromatic carbocycles. The first-order valence-corrected chi connectivity index (χ1v) is 9.38. The van der Waals surface area contributed by atoms with Gasteiger partial charge in [0.2, 0.25) is 0 Å². The van der Waals surface area contributed by atoms with E-state index < -0.39 is 0 Å². The molecule has 0 fully saturated rings. The van der Waals surface area contributed by atoms with E-state index in [4.69, 9.17) is 4.74 Å². The maximum absolute atomic E-state index is 12.4. The lowest BCUT2D eigenvalue weighted by Crippen LogP contribution is -2.13. The molecule has 3 aromatic rings. The number of amides is 1. The van der Waals surface area contributed by atoms with Gasteiger partial charge in [0, 0.05) is 15.7 Å². The van der Waals surface area contributed by atoms with Crippen molar-refractivity contribution in [1.82, 2.24) is 0 Å². The molecule has 140 valence electrons. The van der Waals surface area contributed by atoms with Gasteiger partial charge in [-0.1, -0.05) is 46.3 Å². The fourth-order valence-corrected chi connectivity index (χ4v) is 2.85. The van der Waals surface area contributed by atoms with E-state index in [1.165, 1.54) is 13.2 Å². The van der Waals surface area contributed by atoms with E-state index in [2.05, 4.69) is 21.2 Å². The number of methoxy groups -OCH3 is 1. The van der Waals surface area contributed by atoms with Gasteiger partial charge in [-0.25, -0.2) is 0 Å². The summed E-state index contributed by atoms with van der Waals surface area (Å²) in [6, 6.07) is 21.5. The SMILES string of the molecule is COc1ccccc1C(=O)Nc1ccc(C(=O)C=Cc2ccc(Br)cc2)cc1. The molecule has 0 radical (unpaired) electrons. The van der Waals surface area contributed by atoms with E-state index in [1.54, 1.807) is 54.6 Å². The van der Waals surface area contributed by atoms with Gasteiger partial charge in [-0.05, 0) is 60.2 Å². The van der Waals surface area contributed by atoms with E-state index in [9.17, 15) is 9.59 Å². The summed E-state index contributed by atoms with van der Waals surface area (Å²) in [7, 11) is 1.52. The summed E-state index contributed by atoms with van der Waals surface area (Å²) in [5.74, 6) is 0.127. The van der Waals surface area contributed by atoms with Crippen LogP contribution in [-0.2, 0) is 0 Å². The summed E-state index contributed by atoms with van der Waals surface area (Å²) < 4.78 is 6.20. The van der Waals surface area contributed by atoms with Gasteiger partial charge in [0.1, 0.15) is 5.75 Å². The lowest BCUT2D eigenvalue weighted by molar-refractivity contribution is 0.102. The predicted octanol–water partition coefficient (Wildman–Crippen LogP) is 5.61. The molecule has 0 bridgehead atoms. The predicted molar refractivity (Wildman–Crippen MR) is 115 cm³/mol. The van der Waals surface area contributed by atoms with E-state index in [0.29, 0.717) is 22.6 Å². The van der Waals surface area contributed by atoms with E-state index in [-0.39, 0.29) is 11.7 Å². The van der Waals surface area contributed by atoms with Gasteiger partial charge in [0.25, 0.3) is 5.91 Å². The maximum atomic E-state index is 12.4. The van der Waals surface area contributed by atoms with Crippen molar-refractivity contribution in [2.45, 2.75) is 0 Å². The Bertz CT molecular complexity index is 1010. The van der Waals surface area contributed by atoms with Gasteiger partial charge in [-0.15, -0.1) is 0 Å². The summed E-state index contributed by atoms with van der Waals surface area (Å²) in [6.45, 7) is 0. The molecule has 0 aliphatic heterocycles. The number of benzene rings is 3. The third-order valence-corrected chi connectivity index (χ3v) is 4.60. The number of carbonyl (C=O) groups excluding carboxylic acids is 2. The highest BCUT2D eigenvalue weighted by Crippen LogP contribution is 2.19. The molecule has 0 saturated heterocycles. The summed E-state index contributed by atoms with van der Waals surface area (Å²) in [5.41, 5.74) is 2.54. The van der Waals surface area contributed by atoms with Crippen LogP contribution in [0.2, 0.25) is 0 Å². The zero-order valence-corrected chi connectivity index (χ0v) is 16.8. The number of ether oxygens (including phenoxy) is 1. The molecule has 5 heteroatoms. The van der Waals surface area contributed by atoms with Crippen LogP contribution in [0.5, 0.6) is 5.75 Å². The summed E-state index contributed by atoms with van der Waals surface area (Å²) in [5, 5.41) is 2.81. The standard InChI is InChI=1S/C23H18BrNO3/c1-28-22-5-3-2-4-20(22)23(27)25-19-13-9-17(10-14-19)21(26)15-8-16-6-11-18(24)12-7-16/h2-15H,1H3,(H,25,27). The quantitative estimate of drug-likeness (QED) is 0.404. The average molecular weight is 436 g/mol.